The Morgan fingerprint density at radius 2 is 1.92 bits per heavy atom. The van der Waals surface area contributed by atoms with E-state index in [1.165, 1.54) is 5.57 Å². The molecule has 0 N–H and O–H groups in total. The predicted molar refractivity (Wildman–Crippen MR) is 56.8 cm³/mol. The van der Waals surface area contributed by atoms with Gasteiger partial charge in [-0.1, -0.05) is 19.1 Å². The Hall–Kier alpha value is -0.850. The van der Waals surface area contributed by atoms with Gasteiger partial charge in [0.1, 0.15) is 0 Å². The molecule has 0 rings (SSSR count). The molecule has 0 atom stereocenters. The molecule has 0 saturated carbocycles. The topological polar surface area (TPSA) is 12.4 Å². The van der Waals surface area contributed by atoms with Crippen LogP contribution in [0.4, 0.5) is 0 Å². The summed E-state index contributed by atoms with van der Waals surface area (Å²) in [4.78, 5) is 4.38. The summed E-state index contributed by atoms with van der Waals surface area (Å²) < 4.78 is 0. The summed E-state index contributed by atoms with van der Waals surface area (Å²) >= 11 is 0. The second kappa shape index (κ2) is 5.76. The second-order valence-electron chi connectivity index (χ2n) is 3.04. The maximum Gasteiger partial charge on any atom is 0.0599 e. The summed E-state index contributed by atoms with van der Waals surface area (Å²) in [6.45, 7) is 13.1. The number of aliphatic imine (C=N–C) groups is 1. The lowest BCUT2D eigenvalue weighted by Gasteiger charge is -2.02. The van der Waals surface area contributed by atoms with Gasteiger partial charge in [-0.2, -0.15) is 0 Å². The number of hydrogen-bond donors (Lipinski definition) is 0. The van der Waals surface area contributed by atoms with Gasteiger partial charge in [0.15, 0.2) is 0 Å². The summed E-state index contributed by atoms with van der Waals surface area (Å²) in [7, 11) is 0. The molecule has 0 heterocycles. The standard InChI is InChI=1S/C11H19N/c1-6-10(5)11(12-7-2)8-9(3)4/h8H,5-7H2,1-4H3/b12-11+. The highest BCUT2D eigenvalue weighted by molar-refractivity contribution is 6.08. The third-order valence-corrected chi connectivity index (χ3v) is 1.54. The molecule has 0 fully saturated rings. The first-order valence-electron chi connectivity index (χ1n) is 4.49. The van der Waals surface area contributed by atoms with Crippen LogP contribution in [0.5, 0.6) is 0 Å². The van der Waals surface area contributed by atoms with Crippen molar-refractivity contribution < 1.29 is 0 Å². The van der Waals surface area contributed by atoms with Crippen LogP contribution in [-0.2, 0) is 0 Å². The molecule has 12 heavy (non-hydrogen) atoms. The van der Waals surface area contributed by atoms with Gasteiger partial charge < -0.3 is 0 Å². The molecular weight excluding hydrogens is 146 g/mol. The van der Waals surface area contributed by atoms with Crippen LogP contribution in [0.25, 0.3) is 0 Å². The molecule has 0 saturated heterocycles. The minimum Gasteiger partial charge on any atom is -0.285 e. The average molecular weight is 165 g/mol. The number of rotatable bonds is 4. The van der Waals surface area contributed by atoms with Crippen molar-refractivity contribution in [3.8, 4) is 0 Å². The minimum absolute atomic E-state index is 0.831. The fourth-order valence-corrected chi connectivity index (χ4v) is 0.884. The Morgan fingerprint density at radius 1 is 1.33 bits per heavy atom. The van der Waals surface area contributed by atoms with E-state index in [4.69, 9.17) is 0 Å². The van der Waals surface area contributed by atoms with Crippen LogP contribution in [0.3, 0.4) is 0 Å². The molecule has 0 amide bonds. The van der Waals surface area contributed by atoms with Gasteiger partial charge in [-0.3, -0.25) is 4.99 Å². The van der Waals surface area contributed by atoms with E-state index in [1.807, 2.05) is 6.92 Å². The first-order chi connectivity index (χ1) is 5.61. The van der Waals surface area contributed by atoms with Gasteiger partial charge in [-0.05, 0) is 38.8 Å². The summed E-state index contributed by atoms with van der Waals surface area (Å²) in [5, 5.41) is 0. The SMILES string of the molecule is C=C(CC)/C(C=C(C)C)=N/CC. The van der Waals surface area contributed by atoms with Crippen LogP contribution in [0.1, 0.15) is 34.1 Å². The summed E-state index contributed by atoms with van der Waals surface area (Å²) in [6.07, 6.45) is 3.07. The minimum atomic E-state index is 0.831. The largest absolute Gasteiger partial charge is 0.285 e. The Balaban J connectivity index is 4.57. The predicted octanol–water partition coefficient (Wildman–Crippen LogP) is 3.38. The quantitative estimate of drug-likeness (QED) is 0.566. The molecule has 68 valence electrons. The number of allylic oxidation sites excluding steroid dienone is 3. The number of nitrogens with zero attached hydrogens (tertiary/aromatic N) is 1. The van der Waals surface area contributed by atoms with Crippen molar-refractivity contribution in [2.24, 2.45) is 4.99 Å². The van der Waals surface area contributed by atoms with Gasteiger partial charge in [0.2, 0.25) is 0 Å². The van der Waals surface area contributed by atoms with E-state index in [0.717, 1.165) is 24.3 Å². The van der Waals surface area contributed by atoms with Crippen molar-refractivity contribution in [3.05, 3.63) is 23.8 Å². The Kier molecular flexibility index (Phi) is 5.35. The molecule has 1 nitrogen and oxygen atoms in total. The van der Waals surface area contributed by atoms with E-state index in [0.29, 0.717) is 0 Å². The third-order valence-electron chi connectivity index (χ3n) is 1.54. The van der Waals surface area contributed by atoms with Crippen molar-refractivity contribution in [3.63, 3.8) is 0 Å². The zero-order chi connectivity index (χ0) is 9.56. The first-order valence-corrected chi connectivity index (χ1v) is 4.49. The zero-order valence-corrected chi connectivity index (χ0v) is 8.65. The molecule has 0 aliphatic heterocycles. The highest BCUT2D eigenvalue weighted by atomic mass is 14.7. The molecule has 0 aromatic carbocycles. The van der Waals surface area contributed by atoms with Gasteiger partial charge in [0, 0.05) is 6.54 Å². The van der Waals surface area contributed by atoms with E-state index < -0.39 is 0 Å². The average Bonchev–Trinajstić information content (AvgIpc) is 2.01. The molecule has 1 heteroatoms. The van der Waals surface area contributed by atoms with Crippen LogP contribution >= 0.6 is 0 Å². The Bertz CT molecular complexity index is 205. The van der Waals surface area contributed by atoms with Crippen LogP contribution in [0, 0.1) is 0 Å². The van der Waals surface area contributed by atoms with Crippen LogP contribution in [-0.4, -0.2) is 12.3 Å². The van der Waals surface area contributed by atoms with E-state index in [2.05, 4.69) is 38.4 Å². The van der Waals surface area contributed by atoms with Crippen molar-refractivity contribution in [2.45, 2.75) is 34.1 Å². The van der Waals surface area contributed by atoms with E-state index in [-0.39, 0.29) is 0 Å². The first kappa shape index (κ1) is 11.2. The third kappa shape index (κ3) is 4.12. The normalized spacial score (nSPS) is 11.2. The van der Waals surface area contributed by atoms with Crippen molar-refractivity contribution in [1.29, 1.82) is 0 Å². The van der Waals surface area contributed by atoms with Gasteiger partial charge in [-0.25, -0.2) is 0 Å². The van der Waals surface area contributed by atoms with Gasteiger partial charge in [-0.15, -0.1) is 0 Å². The highest BCUT2D eigenvalue weighted by Crippen LogP contribution is 2.04. The molecule has 0 radical (unpaired) electrons. The van der Waals surface area contributed by atoms with Crippen molar-refractivity contribution in [1.82, 2.24) is 0 Å². The van der Waals surface area contributed by atoms with Crippen LogP contribution in [0.15, 0.2) is 28.8 Å². The lowest BCUT2D eigenvalue weighted by molar-refractivity contribution is 1.11. The van der Waals surface area contributed by atoms with Crippen LogP contribution < -0.4 is 0 Å². The van der Waals surface area contributed by atoms with Gasteiger partial charge >= 0.3 is 0 Å². The summed E-state index contributed by atoms with van der Waals surface area (Å²) in [5.74, 6) is 0. The fourth-order valence-electron chi connectivity index (χ4n) is 0.884. The second-order valence-corrected chi connectivity index (χ2v) is 3.04. The van der Waals surface area contributed by atoms with Crippen LogP contribution in [0.2, 0.25) is 0 Å². The van der Waals surface area contributed by atoms with Crippen molar-refractivity contribution >= 4 is 5.71 Å². The van der Waals surface area contributed by atoms with E-state index in [1.54, 1.807) is 0 Å². The summed E-state index contributed by atoms with van der Waals surface area (Å²) in [5.41, 5.74) is 3.45. The molecule has 0 spiro atoms. The molecule has 0 bridgehead atoms. The highest BCUT2D eigenvalue weighted by Gasteiger charge is 1.97. The van der Waals surface area contributed by atoms with Crippen molar-refractivity contribution in [2.75, 3.05) is 6.54 Å². The molecular formula is C11H19N. The molecule has 0 aromatic rings. The number of hydrogen-bond acceptors (Lipinski definition) is 1. The summed E-state index contributed by atoms with van der Waals surface area (Å²) in [6, 6.07) is 0. The Morgan fingerprint density at radius 3 is 2.25 bits per heavy atom. The lowest BCUT2D eigenvalue weighted by atomic mass is 10.1. The van der Waals surface area contributed by atoms with Gasteiger partial charge in [0.05, 0.1) is 5.71 Å². The van der Waals surface area contributed by atoms with E-state index in [9.17, 15) is 0 Å². The monoisotopic (exact) mass is 165 g/mol. The lowest BCUT2D eigenvalue weighted by Crippen LogP contribution is -1.98. The maximum atomic E-state index is 4.38. The molecule has 0 unspecified atom stereocenters. The van der Waals surface area contributed by atoms with E-state index >= 15 is 0 Å². The molecule has 0 aliphatic rings. The van der Waals surface area contributed by atoms with Gasteiger partial charge in [0.25, 0.3) is 0 Å². The molecule has 0 aromatic heterocycles. The zero-order valence-electron chi connectivity index (χ0n) is 8.65. The fraction of sp³-hybridized carbons (Fsp3) is 0.545. The molecule has 0 aliphatic carbocycles. The maximum absolute atomic E-state index is 4.38. The Labute approximate surface area is 75.9 Å². The smallest absolute Gasteiger partial charge is 0.0599 e.